The van der Waals surface area contributed by atoms with E-state index in [2.05, 4.69) is 32.0 Å². The highest BCUT2D eigenvalue weighted by Crippen LogP contribution is 2.55. The Morgan fingerprint density at radius 3 is 1.92 bits per heavy atom. The smallest absolute Gasteiger partial charge is 0.302 e. The molecule has 0 atom stereocenters. The van der Waals surface area contributed by atoms with Crippen LogP contribution in [0.4, 0.5) is 5.69 Å². The molecule has 0 saturated heterocycles. The van der Waals surface area contributed by atoms with E-state index in [4.69, 9.17) is 9.47 Å². The van der Waals surface area contributed by atoms with Crippen molar-refractivity contribution in [2.24, 2.45) is 0 Å². The highest BCUT2D eigenvalue weighted by Gasteiger charge is 2.43. The third-order valence-corrected chi connectivity index (χ3v) is 7.64. The van der Waals surface area contributed by atoms with Crippen molar-refractivity contribution in [2.75, 3.05) is 0 Å². The van der Waals surface area contributed by atoms with E-state index in [1.807, 2.05) is 25.1 Å². The first kappa shape index (κ1) is 28.0. The molecule has 0 saturated carbocycles. The number of ether oxygens (including phenoxy) is 2. The summed E-state index contributed by atoms with van der Waals surface area (Å²) in [5, 5.41) is 11.7. The first-order valence-electron chi connectivity index (χ1n) is 13.4. The molecule has 0 N–H and O–H groups in total. The maximum Gasteiger partial charge on any atom is 0.302 e. The van der Waals surface area contributed by atoms with Crippen LogP contribution in [0.1, 0.15) is 81.2 Å². The average molecular weight is 530 g/mol. The zero-order chi connectivity index (χ0) is 28.3. The van der Waals surface area contributed by atoms with Crippen LogP contribution in [0.2, 0.25) is 0 Å². The molecule has 39 heavy (non-hydrogen) atoms. The minimum atomic E-state index is -0.363. The van der Waals surface area contributed by atoms with Gasteiger partial charge < -0.3 is 9.47 Å². The van der Waals surface area contributed by atoms with Crippen LogP contribution in [-0.2, 0) is 37.7 Å². The molecular weight excluding hydrogens is 494 g/mol. The van der Waals surface area contributed by atoms with Crippen LogP contribution >= 0.6 is 0 Å². The molecule has 0 aromatic heterocycles. The summed E-state index contributed by atoms with van der Waals surface area (Å²) in [6, 6.07) is 15.6. The maximum absolute atomic E-state index is 11.7. The summed E-state index contributed by atoms with van der Waals surface area (Å²) in [6.45, 7) is 9.28. The lowest BCUT2D eigenvalue weighted by Gasteiger charge is -2.32. The highest BCUT2D eigenvalue weighted by molar-refractivity contribution is 5.85. The van der Waals surface area contributed by atoms with Gasteiger partial charge in [-0.3, -0.25) is 19.7 Å². The quantitative estimate of drug-likeness (QED) is 0.153. The van der Waals surface area contributed by atoms with Crippen molar-refractivity contribution in [3.8, 4) is 22.3 Å². The Morgan fingerprint density at radius 2 is 1.36 bits per heavy atom. The lowest BCUT2D eigenvalue weighted by atomic mass is 9.71. The Morgan fingerprint density at radius 1 is 0.795 bits per heavy atom. The summed E-state index contributed by atoms with van der Waals surface area (Å²) in [5.74, 6) is -0.716. The fourth-order valence-corrected chi connectivity index (χ4v) is 6.00. The zero-order valence-corrected chi connectivity index (χ0v) is 23.3. The van der Waals surface area contributed by atoms with Gasteiger partial charge in [0.25, 0.3) is 5.69 Å². The average Bonchev–Trinajstić information content (AvgIpc) is 3.15. The van der Waals surface area contributed by atoms with Crippen molar-refractivity contribution in [1.29, 1.82) is 0 Å². The molecule has 7 nitrogen and oxygen atoms in total. The Balaban J connectivity index is 1.92. The number of rotatable bonds is 10. The van der Waals surface area contributed by atoms with Gasteiger partial charge in [0.2, 0.25) is 0 Å². The summed E-state index contributed by atoms with van der Waals surface area (Å²) in [5.41, 5.74) is 8.63. The van der Waals surface area contributed by atoms with Crippen molar-refractivity contribution < 1.29 is 24.0 Å². The predicted molar refractivity (Wildman–Crippen MR) is 150 cm³/mol. The molecule has 0 fully saturated rings. The summed E-state index contributed by atoms with van der Waals surface area (Å²) in [6.07, 6.45) is 3.61. The number of hydrogen-bond acceptors (Lipinski definition) is 6. The van der Waals surface area contributed by atoms with Crippen LogP contribution in [0.15, 0.2) is 48.5 Å². The Bertz CT molecular complexity index is 1430. The number of fused-ring (bicyclic) bond motifs is 3. The summed E-state index contributed by atoms with van der Waals surface area (Å²) < 4.78 is 10.7. The molecule has 1 aliphatic rings. The third kappa shape index (κ3) is 5.44. The first-order chi connectivity index (χ1) is 18.6. The Labute approximate surface area is 229 Å². The SMILES string of the molecule is CCCC1(CCC)c2cc(-c3cc(COC(C)=O)c(C)cc3COC(C)=O)ccc2-c2ccc([N+](=O)[O-])cc21. The molecule has 0 spiro atoms. The van der Waals surface area contributed by atoms with Crippen LogP contribution in [0.3, 0.4) is 0 Å². The van der Waals surface area contributed by atoms with Crippen LogP contribution < -0.4 is 0 Å². The van der Waals surface area contributed by atoms with E-state index < -0.39 is 0 Å². The van der Waals surface area contributed by atoms with E-state index >= 15 is 0 Å². The van der Waals surface area contributed by atoms with E-state index in [9.17, 15) is 19.7 Å². The molecule has 0 bridgehead atoms. The largest absolute Gasteiger partial charge is 0.461 e. The molecule has 0 heterocycles. The third-order valence-electron chi connectivity index (χ3n) is 7.64. The van der Waals surface area contributed by atoms with Gasteiger partial charge in [0.05, 0.1) is 4.92 Å². The van der Waals surface area contributed by atoms with Crippen molar-refractivity contribution in [1.82, 2.24) is 0 Å². The molecule has 0 amide bonds. The minimum absolute atomic E-state index is 0.107. The molecule has 3 aromatic rings. The molecule has 7 heteroatoms. The maximum atomic E-state index is 11.7. The number of nitro benzene ring substituents is 1. The molecule has 0 unspecified atom stereocenters. The lowest BCUT2D eigenvalue weighted by molar-refractivity contribution is -0.384. The van der Waals surface area contributed by atoms with Crippen LogP contribution in [0, 0.1) is 17.0 Å². The van der Waals surface area contributed by atoms with Gasteiger partial charge in [0, 0.05) is 31.4 Å². The summed E-state index contributed by atoms with van der Waals surface area (Å²) >= 11 is 0. The standard InChI is InChI=1S/C32H35NO6/c1-6-12-32(13-7-2)30-16-23(8-10-27(30)28-11-9-26(33(36)37)17-31(28)32)29-15-24(18-38-21(4)34)20(3)14-25(29)19-39-22(5)35/h8-11,14-17H,6-7,12-13,18-19H2,1-5H3. The number of nitrogens with zero attached hydrogens (tertiary/aromatic N) is 1. The van der Waals surface area contributed by atoms with Crippen LogP contribution in [-0.4, -0.2) is 16.9 Å². The minimum Gasteiger partial charge on any atom is -0.461 e. The second kappa shape index (κ2) is 11.4. The zero-order valence-electron chi connectivity index (χ0n) is 23.3. The highest BCUT2D eigenvalue weighted by atomic mass is 16.6. The van der Waals surface area contributed by atoms with Gasteiger partial charge in [0.15, 0.2) is 0 Å². The topological polar surface area (TPSA) is 95.7 Å². The summed E-state index contributed by atoms with van der Waals surface area (Å²) in [7, 11) is 0. The van der Waals surface area contributed by atoms with Crippen LogP contribution in [0.5, 0.6) is 0 Å². The monoisotopic (exact) mass is 529 g/mol. The predicted octanol–water partition coefficient (Wildman–Crippen LogP) is 7.56. The Kier molecular flexibility index (Phi) is 8.19. The van der Waals surface area contributed by atoms with Gasteiger partial charge in [-0.1, -0.05) is 44.9 Å². The number of carbonyl (C=O) groups is 2. The molecule has 0 radical (unpaired) electrons. The number of nitro groups is 1. The van der Waals surface area contributed by atoms with Crippen molar-refractivity contribution in [3.63, 3.8) is 0 Å². The number of aryl methyl sites for hydroxylation is 1. The Hall–Kier alpha value is -4.00. The van der Waals surface area contributed by atoms with Crippen molar-refractivity contribution >= 4 is 17.6 Å². The fraction of sp³-hybridized carbons (Fsp3) is 0.375. The molecule has 4 rings (SSSR count). The number of carbonyl (C=O) groups excluding carboxylic acids is 2. The van der Waals surface area contributed by atoms with Gasteiger partial charge in [-0.2, -0.15) is 0 Å². The van der Waals surface area contributed by atoms with Crippen molar-refractivity contribution in [3.05, 3.63) is 86.5 Å². The fourth-order valence-electron chi connectivity index (χ4n) is 6.00. The molecule has 1 aliphatic carbocycles. The first-order valence-corrected chi connectivity index (χ1v) is 13.4. The van der Waals surface area contributed by atoms with E-state index in [1.54, 1.807) is 12.1 Å². The van der Waals surface area contributed by atoms with E-state index in [-0.39, 0.29) is 41.2 Å². The van der Waals surface area contributed by atoms with E-state index in [0.717, 1.165) is 70.2 Å². The number of non-ortho nitro benzene ring substituents is 1. The van der Waals surface area contributed by atoms with Gasteiger partial charge in [-0.25, -0.2) is 0 Å². The molecule has 204 valence electrons. The van der Waals surface area contributed by atoms with Gasteiger partial charge in [-0.15, -0.1) is 0 Å². The molecule has 3 aromatic carbocycles. The summed E-state index contributed by atoms with van der Waals surface area (Å²) in [4.78, 5) is 34.5. The van der Waals surface area contributed by atoms with Gasteiger partial charge >= 0.3 is 11.9 Å². The number of esters is 2. The van der Waals surface area contributed by atoms with E-state index in [1.165, 1.54) is 19.4 Å². The normalized spacial score (nSPS) is 12.9. The lowest BCUT2D eigenvalue weighted by Crippen LogP contribution is -2.25. The number of hydrogen-bond donors (Lipinski definition) is 0. The van der Waals surface area contributed by atoms with Crippen molar-refractivity contribution in [2.45, 2.75) is 78.9 Å². The second-order valence-electron chi connectivity index (χ2n) is 10.3. The second-order valence-corrected chi connectivity index (χ2v) is 10.3. The molecular formula is C32H35NO6. The van der Waals surface area contributed by atoms with E-state index in [0.29, 0.717) is 0 Å². The number of benzene rings is 3. The van der Waals surface area contributed by atoms with Crippen LogP contribution in [0.25, 0.3) is 22.3 Å². The van der Waals surface area contributed by atoms with Gasteiger partial charge in [0.1, 0.15) is 13.2 Å². The molecule has 0 aliphatic heterocycles. The van der Waals surface area contributed by atoms with Gasteiger partial charge in [-0.05, 0) is 88.0 Å².